The third kappa shape index (κ3) is 3.68. The standard InChI is InChI=1S/C22H23F3N2/c1-13-8-14(2)15(3)18(9-13)20-17-7-6-16(10-19(17)26-12-27-20)11-21(4,5)22(23,24)25/h6-10,12H,11H2,1-5H3. The lowest BCUT2D eigenvalue weighted by Crippen LogP contribution is -2.34. The van der Waals surface area contributed by atoms with Crippen molar-refractivity contribution in [3.05, 3.63) is 58.9 Å². The maximum absolute atomic E-state index is 13.2. The molecule has 0 bridgehead atoms. The second-order valence-corrected chi connectivity index (χ2v) is 7.89. The van der Waals surface area contributed by atoms with Gasteiger partial charge in [0.05, 0.1) is 16.6 Å². The molecule has 0 aliphatic rings. The fourth-order valence-electron chi connectivity index (χ4n) is 3.32. The SMILES string of the molecule is Cc1cc(C)c(C)c(-c2ncnc3cc(CC(C)(C)C(F)(F)F)ccc23)c1. The average molecular weight is 372 g/mol. The van der Waals surface area contributed by atoms with Crippen molar-refractivity contribution >= 4 is 10.9 Å². The molecule has 0 saturated carbocycles. The van der Waals surface area contributed by atoms with E-state index in [2.05, 4.69) is 35.9 Å². The highest BCUT2D eigenvalue weighted by atomic mass is 19.4. The fraction of sp³-hybridized carbons (Fsp3) is 0.364. The number of halogens is 3. The van der Waals surface area contributed by atoms with Gasteiger partial charge >= 0.3 is 6.18 Å². The summed E-state index contributed by atoms with van der Waals surface area (Å²) < 4.78 is 39.6. The molecule has 1 heterocycles. The molecule has 3 aromatic rings. The number of aryl methyl sites for hydroxylation is 2. The Labute approximate surface area is 157 Å². The van der Waals surface area contributed by atoms with Crippen LogP contribution in [-0.4, -0.2) is 16.1 Å². The lowest BCUT2D eigenvalue weighted by Gasteiger charge is -2.27. The minimum Gasteiger partial charge on any atom is -0.236 e. The van der Waals surface area contributed by atoms with E-state index in [1.165, 1.54) is 25.7 Å². The monoisotopic (exact) mass is 372 g/mol. The summed E-state index contributed by atoms with van der Waals surface area (Å²) in [6.07, 6.45) is -2.86. The first kappa shape index (κ1) is 19.3. The number of hydrogen-bond donors (Lipinski definition) is 0. The molecule has 0 N–H and O–H groups in total. The summed E-state index contributed by atoms with van der Waals surface area (Å²) in [5.74, 6) is 0. The highest BCUT2D eigenvalue weighted by molar-refractivity contribution is 5.93. The van der Waals surface area contributed by atoms with E-state index in [-0.39, 0.29) is 6.42 Å². The summed E-state index contributed by atoms with van der Waals surface area (Å²) in [7, 11) is 0. The van der Waals surface area contributed by atoms with Crippen LogP contribution in [0, 0.1) is 26.2 Å². The van der Waals surface area contributed by atoms with Gasteiger partial charge in [-0.25, -0.2) is 9.97 Å². The van der Waals surface area contributed by atoms with E-state index in [0.29, 0.717) is 11.1 Å². The summed E-state index contributed by atoms with van der Waals surface area (Å²) in [6, 6.07) is 9.54. The Bertz CT molecular complexity index is 1000. The molecule has 0 aliphatic heterocycles. The molecule has 0 atom stereocenters. The number of aromatic nitrogens is 2. The molecule has 0 fully saturated rings. The summed E-state index contributed by atoms with van der Waals surface area (Å²) in [4.78, 5) is 8.77. The van der Waals surface area contributed by atoms with E-state index in [0.717, 1.165) is 27.8 Å². The number of alkyl halides is 3. The largest absolute Gasteiger partial charge is 0.394 e. The van der Waals surface area contributed by atoms with E-state index >= 15 is 0 Å². The zero-order chi connectivity index (χ0) is 20.0. The van der Waals surface area contributed by atoms with Crippen molar-refractivity contribution < 1.29 is 13.2 Å². The Morgan fingerprint density at radius 3 is 2.30 bits per heavy atom. The average Bonchev–Trinajstić information content (AvgIpc) is 2.56. The Hall–Kier alpha value is -2.43. The third-order valence-electron chi connectivity index (χ3n) is 5.18. The molecule has 2 nitrogen and oxygen atoms in total. The second-order valence-electron chi connectivity index (χ2n) is 7.89. The lowest BCUT2D eigenvalue weighted by atomic mass is 9.84. The molecule has 0 unspecified atom stereocenters. The van der Waals surface area contributed by atoms with Gasteiger partial charge in [-0.15, -0.1) is 0 Å². The van der Waals surface area contributed by atoms with Gasteiger partial charge in [-0.1, -0.05) is 37.6 Å². The topological polar surface area (TPSA) is 25.8 Å². The molecular weight excluding hydrogens is 349 g/mol. The van der Waals surface area contributed by atoms with Gasteiger partial charge in [0.25, 0.3) is 0 Å². The molecule has 142 valence electrons. The van der Waals surface area contributed by atoms with Gasteiger partial charge in [-0.3, -0.25) is 0 Å². The van der Waals surface area contributed by atoms with Crippen molar-refractivity contribution in [3.8, 4) is 11.3 Å². The van der Waals surface area contributed by atoms with E-state index in [9.17, 15) is 13.2 Å². The van der Waals surface area contributed by atoms with Crippen LogP contribution in [0.25, 0.3) is 22.2 Å². The first-order valence-corrected chi connectivity index (χ1v) is 8.88. The van der Waals surface area contributed by atoms with Crippen molar-refractivity contribution in [3.63, 3.8) is 0 Å². The summed E-state index contributed by atoms with van der Waals surface area (Å²) >= 11 is 0. The van der Waals surface area contributed by atoms with Crippen LogP contribution in [0.1, 0.15) is 36.1 Å². The molecule has 2 aromatic carbocycles. The predicted octanol–water partition coefficient (Wildman–Crippen LogP) is 6.35. The Morgan fingerprint density at radius 2 is 1.63 bits per heavy atom. The number of nitrogens with zero attached hydrogens (tertiary/aromatic N) is 2. The van der Waals surface area contributed by atoms with E-state index in [1.54, 1.807) is 12.1 Å². The molecule has 0 saturated heterocycles. The highest BCUT2D eigenvalue weighted by Gasteiger charge is 2.46. The lowest BCUT2D eigenvalue weighted by molar-refractivity contribution is -0.211. The first-order chi connectivity index (χ1) is 12.5. The number of hydrogen-bond acceptors (Lipinski definition) is 2. The zero-order valence-electron chi connectivity index (χ0n) is 16.2. The Balaban J connectivity index is 2.10. The minimum absolute atomic E-state index is 0.0889. The van der Waals surface area contributed by atoms with Crippen LogP contribution in [0.15, 0.2) is 36.7 Å². The smallest absolute Gasteiger partial charge is 0.236 e. The molecule has 0 spiro atoms. The maximum Gasteiger partial charge on any atom is 0.394 e. The van der Waals surface area contributed by atoms with Crippen molar-refractivity contribution in [1.82, 2.24) is 9.97 Å². The number of benzene rings is 2. The third-order valence-corrected chi connectivity index (χ3v) is 5.18. The maximum atomic E-state index is 13.2. The molecule has 0 radical (unpaired) electrons. The second kappa shape index (κ2) is 6.63. The van der Waals surface area contributed by atoms with Crippen molar-refractivity contribution in [2.24, 2.45) is 5.41 Å². The minimum atomic E-state index is -4.25. The van der Waals surface area contributed by atoms with Crippen LogP contribution in [0.3, 0.4) is 0 Å². The van der Waals surface area contributed by atoms with Crippen LogP contribution in [0.5, 0.6) is 0 Å². The van der Waals surface area contributed by atoms with Crippen LogP contribution in [0.4, 0.5) is 13.2 Å². The van der Waals surface area contributed by atoms with Gasteiger partial charge in [-0.2, -0.15) is 13.2 Å². The van der Waals surface area contributed by atoms with Gasteiger partial charge in [0, 0.05) is 10.9 Å². The summed E-state index contributed by atoms with van der Waals surface area (Å²) in [6.45, 7) is 8.60. The van der Waals surface area contributed by atoms with Gasteiger partial charge in [-0.05, 0) is 56.0 Å². The van der Waals surface area contributed by atoms with Crippen LogP contribution >= 0.6 is 0 Å². The van der Waals surface area contributed by atoms with Crippen LogP contribution < -0.4 is 0 Å². The van der Waals surface area contributed by atoms with E-state index in [4.69, 9.17) is 0 Å². The van der Waals surface area contributed by atoms with Crippen LogP contribution in [-0.2, 0) is 6.42 Å². The van der Waals surface area contributed by atoms with E-state index in [1.807, 2.05) is 13.0 Å². The first-order valence-electron chi connectivity index (χ1n) is 8.88. The summed E-state index contributed by atoms with van der Waals surface area (Å²) in [5, 5.41) is 0.846. The predicted molar refractivity (Wildman–Crippen MR) is 103 cm³/mol. The molecular formula is C22H23F3N2. The van der Waals surface area contributed by atoms with Gasteiger partial charge < -0.3 is 0 Å². The molecule has 0 aliphatic carbocycles. The fourth-order valence-corrected chi connectivity index (χ4v) is 3.32. The van der Waals surface area contributed by atoms with Crippen molar-refractivity contribution in [2.45, 2.75) is 47.2 Å². The molecule has 3 rings (SSSR count). The molecule has 27 heavy (non-hydrogen) atoms. The zero-order valence-corrected chi connectivity index (χ0v) is 16.2. The normalized spacial score (nSPS) is 12.6. The van der Waals surface area contributed by atoms with E-state index < -0.39 is 11.6 Å². The van der Waals surface area contributed by atoms with Crippen molar-refractivity contribution in [1.29, 1.82) is 0 Å². The number of rotatable bonds is 3. The molecule has 1 aromatic heterocycles. The van der Waals surface area contributed by atoms with Gasteiger partial charge in [0.2, 0.25) is 0 Å². The Kier molecular flexibility index (Phi) is 4.74. The van der Waals surface area contributed by atoms with Crippen molar-refractivity contribution in [2.75, 3.05) is 0 Å². The molecule has 0 amide bonds. The molecule has 5 heteroatoms. The Morgan fingerprint density at radius 1 is 0.926 bits per heavy atom. The summed E-state index contributed by atoms with van der Waals surface area (Å²) in [5.41, 5.74) is 4.79. The quantitative estimate of drug-likeness (QED) is 0.535. The van der Waals surface area contributed by atoms with Crippen LogP contribution in [0.2, 0.25) is 0 Å². The van der Waals surface area contributed by atoms with Gasteiger partial charge in [0.15, 0.2) is 0 Å². The number of fused-ring (bicyclic) bond motifs is 1. The highest BCUT2D eigenvalue weighted by Crippen LogP contribution is 2.40. The van der Waals surface area contributed by atoms with Gasteiger partial charge in [0.1, 0.15) is 6.33 Å².